The van der Waals surface area contributed by atoms with Crippen LogP contribution in [-0.4, -0.2) is 55.7 Å². The number of methoxy groups -OCH3 is 1. The molecule has 2 unspecified atom stereocenters. The SMILES string of the molecule is COCCOCCCNC(C)CCS(C)=O. The van der Waals surface area contributed by atoms with E-state index in [4.69, 9.17) is 9.47 Å². The highest BCUT2D eigenvalue weighted by Gasteiger charge is 2.01. The highest BCUT2D eigenvalue weighted by Crippen LogP contribution is 1.93. The van der Waals surface area contributed by atoms with Crippen molar-refractivity contribution in [2.45, 2.75) is 25.8 Å². The quantitative estimate of drug-likeness (QED) is 0.552. The summed E-state index contributed by atoms with van der Waals surface area (Å²) in [5, 5.41) is 3.38. The minimum Gasteiger partial charge on any atom is -0.382 e. The maximum absolute atomic E-state index is 10.9. The molecule has 0 spiro atoms. The Hall–Kier alpha value is 0.0300. The van der Waals surface area contributed by atoms with E-state index in [1.807, 2.05) is 0 Å². The molecule has 0 aliphatic heterocycles. The fraction of sp³-hybridized carbons (Fsp3) is 1.00. The predicted octanol–water partition coefficient (Wildman–Crippen LogP) is 0.786. The predicted molar refractivity (Wildman–Crippen MR) is 68.3 cm³/mol. The molecule has 0 fully saturated rings. The van der Waals surface area contributed by atoms with E-state index in [0.29, 0.717) is 19.3 Å². The van der Waals surface area contributed by atoms with Gasteiger partial charge in [0.25, 0.3) is 0 Å². The van der Waals surface area contributed by atoms with Crippen LogP contribution in [0.1, 0.15) is 19.8 Å². The van der Waals surface area contributed by atoms with Gasteiger partial charge in [-0.1, -0.05) is 0 Å². The van der Waals surface area contributed by atoms with E-state index in [9.17, 15) is 4.21 Å². The topological polar surface area (TPSA) is 47.6 Å². The number of hydrogen-bond donors (Lipinski definition) is 1. The Labute approximate surface area is 102 Å². The molecule has 0 heterocycles. The molecule has 98 valence electrons. The van der Waals surface area contributed by atoms with Gasteiger partial charge in [0.2, 0.25) is 0 Å². The second-order valence-corrected chi connectivity index (χ2v) is 5.43. The van der Waals surface area contributed by atoms with Crippen LogP contribution in [0, 0.1) is 0 Å². The van der Waals surface area contributed by atoms with E-state index in [0.717, 1.165) is 31.7 Å². The zero-order chi connectivity index (χ0) is 12.2. The Kier molecular flexibility index (Phi) is 11.5. The van der Waals surface area contributed by atoms with Gasteiger partial charge in [-0.3, -0.25) is 4.21 Å². The third-order valence-electron chi connectivity index (χ3n) is 2.23. The van der Waals surface area contributed by atoms with Gasteiger partial charge in [-0.25, -0.2) is 0 Å². The second kappa shape index (κ2) is 11.5. The van der Waals surface area contributed by atoms with Gasteiger partial charge >= 0.3 is 0 Å². The van der Waals surface area contributed by atoms with Crippen molar-refractivity contribution in [1.29, 1.82) is 0 Å². The van der Waals surface area contributed by atoms with Crippen molar-refractivity contribution >= 4 is 10.8 Å². The van der Waals surface area contributed by atoms with Crippen molar-refractivity contribution < 1.29 is 13.7 Å². The molecular formula is C11H25NO3S. The largest absolute Gasteiger partial charge is 0.382 e. The van der Waals surface area contributed by atoms with E-state index in [2.05, 4.69) is 12.2 Å². The molecule has 5 heteroatoms. The van der Waals surface area contributed by atoms with Crippen LogP contribution in [0.3, 0.4) is 0 Å². The van der Waals surface area contributed by atoms with Gasteiger partial charge in [0.1, 0.15) is 0 Å². The molecule has 0 aromatic rings. The summed E-state index contributed by atoms with van der Waals surface area (Å²) >= 11 is 0. The molecule has 0 bridgehead atoms. The summed E-state index contributed by atoms with van der Waals surface area (Å²) in [5.74, 6) is 0.776. The lowest BCUT2D eigenvalue weighted by molar-refractivity contribution is 0.0693. The summed E-state index contributed by atoms with van der Waals surface area (Å²) in [5.41, 5.74) is 0. The standard InChI is InChI=1S/C11H25NO3S/c1-11(5-10-16(3)13)12-6-4-7-15-9-8-14-2/h11-12H,4-10H2,1-3H3. The van der Waals surface area contributed by atoms with Gasteiger partial charge in [-0.15, -0.1) is 0 Å². The molecule has 0 rings (SSSR count). The van der Waals surface area contributed by atoms with Crippen LogP contribution in [0.2, 0.25) is 0 Å². The summed E-state index contributed by atoms with van der Waals surface area (Å²) in [6, 6.07) is 0.433. The highest BCUT2D eigenvalue weighted by molar-refractivity contribution is 7.84. The summed E-state index contributed by atoms with van der Waals surface area (Å²) in [6.07, 6.45) is 3.72. The number of rotatable bonds is 11. The molecule has 2 atom stereocenters. The first-order chi connectivity index (χ1) is 7.66. The van der Waals surface area contributed by atoms with Crippen LogP contribution in [-0.2, 0) is 20.3 Å². The van der Waals surface area contributed by atoms with Gasteiger partial charge in [0.15, 0.2) is 0 Å². The van der Waals surface area contributed by atoms with Crippen LogP contribution < -0.4 is 5.32 Å². The normalized spacial score (nSPS) is 14.9. The Morgan fingerprint density at radius 1 is 1.31 bits per heavy atom. The lowest BCUT2D eigenvalue weighted by atomic mass is 10.2. The van der Waals surface area contributed by atoms with E-state index in [1.165, 1.54) is 0 Å². The molecule has 0 saturated carbocycles. The number of nitrogens with one attached hydrogen (secondary N) is 1. The third kappa shape index (κ3) is 12.1. The third-order valence-corrected chi connectivity index (χ3v) is 3.04. The second-order valence-electron chi connectivity index (χ2n) is 3.88. The van der Waals surface area contributed by atoms with Crippen LogP contribution in [0.15, 0.2) is 0 Å². The first-order valence-corrected chi connectivity index (χ1v) is 7.49. The summed E-state index contributed by atoms with van der Waals surface area (Å²) in [7, 11) is 0.993. The average molecular weight is 251 g/mol. The minimum atomic E-state index is -0.677. The van der Waals surface area contributed by atoms with Gasteiger partial charge in [0, 0.05) is 42.6 Å². The first kappa shape index (κ1) is 16.0. The Balaban J connectivity index is 3.15. The monoisotopic (exact) mass is 251 g/mol. The van der Waals surface area contributed by atoms with Gasteiger partial charge in [0.05, 0.1) is 13.2 Å². The molecule has 0 saturated heterocycles. The maximum Gasteiger partial charge on any atom is 0.0700 e. The zero-order valence-corrected chi connectivity index (χ0v) is 11.5. The molecule has 0 amide bonds. The van der Waals surface area contributed by atoms with Crippen LogP contribution >= 0.6 is 0 Å². The van der Waals surface area contributed by atoms with Crippen LogP contribution in [0.5, 0.6) is 0 Å². The molecule has 0 aliphatic carbocycles. The molecule has 16 heavy (non-hydrogen) atoms. The molecular weight excluding hydrogens is 226 g/mol. The molecule has 0 aromatic heterocycles. The summed E-state index contributed by atoms with van der Waals surface area (Å²) in [4.78, 5) is 0. The van der Waals surface area contributed by atoms with Crippen molar-refractivity contribution in [2.75, 3.05) is 45.5 Å². The molecule has 0 radical (unpaired) electrons. The van der Waals surface area contributed by atoms with Gasteiger partial charge < -0.3 is 14.8 Å². The van der Waals surface area contributed by atoms with Crippen molar-refractivity contribution in [2.24, 2.45) is 0 Å². The smallest absolute Gasteiger partial charge is 0.0700 e. The maximum atomic E-state index is 10.9. The van der Waals surface area contributed by atoms with Gasteiger partial charge in [-0.05, 0) is 26.3 Å². The molecule has 4 nitrogen and oxygen atoms in total. The number of ether oxygens (including phenoxy) is 2. The number of hydrogen-bond acceptors (Lipinski definition) is 4. The van der Waals surface area contributed by atoms with Crippen molar-refractivity contribution in [3.63, 3.8) is 0 Å². The lowest BCUT2D eigenvalue weighted by Crippen LogP contribution is -2.29. The summed E-state index contributed by atoms with van der Waals surface area (Å²) in [6.45, 7) is 5.17. The van der Waals surface area contributed by atoms with Crippen LogP contribution in [0.25, 0.3) is 0 Å². The minimum absolute atomic E-state index is 0.433. The fourth-order valence-corrected chi connectivity index (χ4v) is 1.90. The zero-order valence-electron chi connectivity index (χ0n) is 10.7. The van der Waals surface area contributed by atoms with E-state index in [-0.39, 0.29) is 0 Å². The Morgan fingerprint density at radius 2 is 2.06 bits per heavy atom. The van der Waals surface area contributed by atoms with Crippen molar-refractivity contribution in [3.8, 4) is 0 Å². The van der Waals surface area contributed by atoms with E-state index in [1.54, 1.807) is 13.4 Å². The van der Waals surface area contributed by atoms with E-state index < -0.39 is 10.8 Å². The van der Waals surface area contributed by atoms with Crippen LogP contribution in [0.4, 0.5) is 0 Å². The summed E-state index contributed by atoms with van der Waals surface area (Å²) < 4.78 is 21.1. The lowest BCUT2D eigenvalue weighted by Gasteiger charge is -2.12. The molecule has 0 aliphatic rings. The fourth-order valence-electron chi connectivity index (χ4n) is 1.21. The van der Waals surface area contributed by atoms with Crippen molar-refractivity contribution in [3.05, 3.63) is 0 Å². The Bertz CT molecular complexity index is 179. The first-order valence-electron chi connectivity index (χ1n) is 5.77. The highest BCUT2D eigenvalue weighted by atomic mass is 32.2. The average Bonchev–Trinajstić information content (AvgIpc) is 2.25. The molecule has 0 aromatic carbocycles. The molecule has 1 N–H and O–H groups in total. The van der Waals surface area contributed by atoms with Crippen molar-refractivity contribution in [1.82, 2.24) is 5.32 Å². The van der Waals surface area contributed by atoms with E-state index >= 15 is 0 Å². The Morgan fingerprint density at radius 3 is 2.69 bits per heavy atom. The van der Waals surface area contributed by atoms with Gasteiger partial charge in [-0.2, -0.15) is 0 Å².